The average Bonchev–Trinajstić information content (AvgIpc) is 3.38. The van der Waals surface area contributed by atoms with Crippen LogP contribution in [0.5, 0.6) is 0 Å². The fraction of sp³-hybridized carbons (Fsp3) is 0.130. The lowest BCUT2D eigenvalue weighted by molar-refractivity contribution is 0.584. The van der Waals surface area contributed by atoms with Crippen molar-refractivity contribution in [3.63, 3.8) is 0 Å². The van der Waals surface area contributed by atoms with Gasteiger partial charge >= 0.3 is 0 Å². The van der Waals surface area contributed by atoms with Crippen molar-refractivity contribution in [1.82, 2.24) is 29.9 Å². The number of fused-ring (bicyclic) bond motifs is 1. The number of aromatic nitrogens is 6. The molecule has 5 aromatic rings. The summed E-state index contributed by atoms with van der Waals surface area (Å²) < 4.78 is 31.6. The number of aryl methyl sites for hydroxylation is 3. The first-order chi connectivity index (χ1) is 15.1. The Labute approximate surface area is 176 Å². The molecule has 0 fully saturated rings. The molecule has 0 atom stereocenters. The molecule has 0 aliphatic heterocycles. The van der Waals surface area contributed by atoms with Gasteiger partial charge in [-0.05, 0) is 48.7 Å². The van der Waals surface area contributed by atoms with Crippen LogP contribution in [0.3, 0.4) is 0 Å². The van der Waals surface area contributed by atoms with E-state index >= 15 is 0 Å². The van der Waals surface area contributed by atoms with E-state index in [9.17, 15) is 8.78 Å². The number of aromatic amines is 1. The van der Waals surface area contributed by atoms with Crippen LogP contribution in [0.1, 0.15) is 11.3 Å². The van der Waals surface area contributed by atoms with Gasteiger partial charge in [-0.1, -0.05) is 6.07 Å². The highest BCUT2D eigenvalue weighted by molar-refractivity contribution is 5.94. The predicted octanol–water partition coefficient (Wildman–Crippen LogP) is 4.48. The Morgan fingerprint density at radius 3 is 2.55 bits per heavy atom. The number of nitrogens with zero attached hydrogens (tertiary/aromatic N) is 5. The first kappa shape index (κ1) is 19.0. The number of hydrogen-bond donors (Lipinski definition) is 1. The Morgan fingerprint density at radius 1 is 1.00 bits per heavy atom. The minimum atomic E-state index is -0.644. The fourth-order valence-electron chi connectivity index (χ4n) is 3.65. The molecule has 1 N–H and O–H groups in total. The van der Waals surface area contributed by atoms with Gasteiger partial charge in [0.15, 0.2) is 0 Å². The van der Waals surface area contributed by atoms with Crippen LogP contribution in [0.25, 0.3) is 33.4 Å². The first-order valence-electron chi connectivity index (χ1n) is 9.80. The molecule has 0 amide bonds. The second-order valence-corrected chi connectivity index (χ2v) is 7.35. The van der Waals surface area contributed by atoms with Gasteiger partial charge in [0.1, 0.15) is 17.3 Å². The van der Waals surface area contributed by atoms with Gasteiger partial charge < -0.3 is 0 Å². The molecular formula is C23H18F2N6. The molecule has 8 heteroatoms. The van der Waals surface area contributed by atoms with E-state index in [0.717, 1.165) is 16.6 Å². The third kappa shape index (κ3) is 3.68. The van der Waals surface area contributed by atoms with E-state index < -0.39 is 11.6 Å². The second-order valence-electron chi connectivity index (χ2n) is 7.35. The molecule has 0 aliphatic rings. The summed E-state index contributed by atoms with van der Waals surface area (Å²) >= 11 is 0. The third-order valence-electron chi connectivity index (χ3n) is 5.18. The Hall–Kier alpha value is -3.94. The summed E-state index contributed by atoms with van der Waals surface area (Å²) in [5.41, 5.74) is 3.64. The van der Waals surface area contributed by atoms with E-state index in [1.807, 2.05) is 31.4 Å². The van der Waals surface area contributed by atoms with Crippen LogP contribution in [0.2, 0.25) is 0 Å². The van der Waals surface area contributed by atoms with Gasteiger partial charge in [-0.25, -0.2) is 8.78 Å². The number of halogens is 2. The Kier molecular flexibility index (Phi) is 4.74. The zero-order valence-electron chi connectivity index (χ0n) is 16.7. The topological polar surface area (TPSA) is 72.3 Å². The van der Waals surface area contributed by atoms with Crippen LogP contribution in [-0.2, 0) is 19.9 Å². The van der Waals surface area contributed by atoms with E-state index in [2.05, 4.69) is 25.3 Å². The molecule has 0 radical (unpaired) electrons. The fourth-order valence-corrected chi connectivity index (χ4v) is 3.65. The molecule has 4 aromatic heterocycles. The molecule has 0 spiro atoms. The molecule has 6 nitrogen and oxygen atoms in total. The summed E-state index contributed by atoms with van der Waals surface area (Å²) in [6, 6.07) is 10.0. The zero-order chi connectivity index (χ0) is 21.4. The number of rotatable bonds is 5. The number of H-pyrrole nitrogens is 1. The largest absolute Gasteiger partial charge is 0.276 e. The van der Waals surface area contributed by atoms with E-state index in [1.165, 1.54) is 18.3 Å². The van der Waals surface area contributed by atoms with Crippen molar-refractivity contribution in [3.05, 3.63) is 84.1 Å². The van der Waals surface area contributed by atoms with Crippen LogP contribution >= 0.6 is 0 Å². The SMILES string of the molecule is Cn1cc(-c2n[nH]c3cnc(-c4c(F)cc(CCc5ccccn5)cc4F)cc23)cn1. The molecule has 31 heavy (non-hydrogen) atoms. The smallest absolute Gasteiger partial charge is 0.135 e. The quantitative estimate of drug-likeness (QED) is 0.458. The molecule has 154 valence electrons. The molecule has 0 saturated carbocycles. The minimum Gasteiger partial charge on any atom is -0.276 e. The lowest BCUT2D eigenvalue weighted by Gasteiger charge is -2.08. The van der Waals surface area contributed by atoms with Gasteiger partial charge in [-0.15, -0.1) is 0 Å². The Morgan fingerprint density at radius 2 is 1.84 bits per heavy atom. The van der Waals surface area contributed by atoms with Crippen LogP contribution in [-0.4, -0.2) is 29.9 Å². The summed E-state index contributed by atoms with van der Waals surface area (Å²) in [6.45, 7) is 0. The van der Waals surface area contributed by atoms with Gasteiger partial charge in [0.05, 0.1) is 29.2 Å². The molecule has 0 saturated heterocycles. The number of pyridine rings is 2. The van der Waals surface area contributed by atoms with Gasteiger partial charge in [-0.3, -0.25) is 19.7 Å². The van der Waals surface area contributed by atoms with E-state index in [-0.39, 0.29) is 11.3 Å². The number of hydrogen-bond acceptors (Lipinski definition) is 4. The lowest BCUT2D eigenvalue weighted by atomic mass is 10.0. The maximum absolute atomic E-state index is 14.9. The van der Waals surface area contributed by atoms with Crippen molar-refractivity contribution in [2.24, 2.45) is 7.05 Å². The monoisotopic (exact) mass is 416 g/mol. The van der Waals surface area contributed by atoms with E-state index in [1.54, 1.807) is 23.1 Å². The number of benzene rings is 1. The molecule has 4 heterocycles. The van der Waals surface area contributed by atoms with Crippen LogP contribution in [0.4, 0.5) is 8.78 Å². The molecule has 5 rings (SSSR count). The number of nitrogens with one attached hydrogen (secondary N) is 1. The summed E-state index contributed by atoms with van der Waals surface area (Å²) in [6.07, 6.45) is 7.85. The lowest BCUT2D eigenvalue weighted by Crippen LogP contribution is -1.99. The minimum absolute atomic E-state index is 0.151. The highest BCUT2D eigenvalue weighted by atomic mass is 19.1. The first-order valence-corrected chi connectivity index (χ1v) is 9.80. The zero-order valence-corrected chi connectivity index (χ0v) is 16.7. The highest BCUT2D eigenvalue weighted by Crippen LogP contribution is 2.31. The van der Waals surface area contributed by atoms with Crippen LogP contribution in [0, 0.1) is 11.6 Å². The van der Waals surface area contributed by atoms with Gasteiger partial charge in [0.2, 0.25) is 0 Å². The molecular weight excluding hydrogens is 398 g/mol. The van der Waals surface area contributed by atoms with E-state index in [4.69, 9.17) is 0 Å². The van der Waals surface area contributed by atoms with Gasteiger partial charge in [0, 0.05) is 36.1 Å². The predicted molar refractivity (Wildman–Crippen MR) is 113 cm³/mol. The summed E-state index contributed by atoms with van der Waals surface area (Å²) in [7, 11) is 1.81. The van der Waals surface area contributed by atoms with Crippen molar-refractivity contribution in [2.75, 3.05) is 0 Å². The van der Waals surface area contributed by atoms with Crippen molar-refractivity contribution in [2.45, 2.75) is 12.8 Å². The maximum Gasteiger partial charge on any atom is 0.135 e. The highest BCUT2D eigenvalue weighted by Gasteiger charge is 2.18. The molecule has 0 unspecified atom stereocenters. The second kappa shape index (κ2) is 7.71. The van der Waals surface area contributed by atoms with Crippen molar-refractivity contribution in [3.8, 4) is 22.5 Å². The van der Waals surface area contributed by atoms with Gasteiger partial charge in [-0.2, -0.15) is 10.2 Å². The van der Waals surface area contributed by atoms with Gasteiger partial charge in [0.25, 0.3) is 0 Å². The molecule has 0 bridgehead atoms. The van der Waals surface area contributed by atoms with Crippen LogP contribution < -0.4 is 0 Å². The Bertz CT molecular complexity index is 1350. The summed E-state index contributed by atoms with van der Waals surface area (Å²) in [4.78, 5) is 8.50. The third-order valence-corrected chi connectivity index (χ3v) is 5.18. The molecule has 1 aromatic carbocycles. The maximum atomic E-state index is 14.9. The molecule has 0 aliphatic carbocycles. The van der Waals surface area contributed by atoms with Crippen molar-refractivity contribution >= 4 is 10.9 Å². The standard InChI is InChI=1S/C23H18F2N6/c1-31-13-15(11-28-31)23-17-10-20(27-12-21(17)29-30-23)22-18(24)8-14(9-19(22)25)5-6-16-4-2-3-7-26-16/h2-4,7-13H,5-6H2,1H3,(H,29,30). The van der Waals surface area contributed by atoms with Crippen molar-refractivity contribution in [1.29, 1.82) is 0 Å². The normalized spacial score (nSPS) is 11.3. The van der Waals surface area contributed by atoms with Crippen molar-refractivity contribution < 1.29 is 8.78 Å². The Balaban J connectivity index is 1.49. The van der Waals surface area contributed by atoms with E-state index in [0.29, 0.717) is 29.6 Å². The summed E-state index contributed by atoms with van der Waals surface area (Å²) in [5, 5.41) is 12.1. The van der Waals surface area contributed by atoms with Crippen LogP contribution in [0.15, 0.2) is 61.2 Å². The summed E-state index contributed by atoms with van der Waals surface area (Å²) in [5.74, 6) is -1.29. The average molecular weight is 416 g/mol.